The van der Waals surface area contributed by atoms with Crippen LogP contribution < -0.4 is 14.4 Å². The Morgan fingerprint density at radius 1 is 1.33 bits per heavy atom. The molecule has 1 atom stereocenters. The summed E-state index contributed by atoms with van der Waals surface area (Å²) in [6, 6.07) is 5.38. The molecule has 1 aromatic rings. The van der Waals surface area contributed by atoms with Crippen molar-refractivity contribution >= 4 is 21.6 Å². The van der Waals surface area contributed by atoms with Gasteiger partial charge >= 0.3 is 0 Å². The van der Waals surface area contributed by atoms with Gasteiger partial charge < -0.3 is 10.1 Å². The molecule has 0 bridgehead atoms. The fraction of sp³-hybridized carbons (Fsp3) is 0.550. The molecular formula is C20H28N2O4S. The number of nitrogens with zero attached hydrogens (tertiary/aromatic N) is 1. The van der Waals surface area contributed by atoms with Gasteiger partial charge in [0.2, 0.25) is 10.0 Å². The van der Waals surface area contributed by atoms with Crippen molar-refractivity contribution in [2.45, 2.75) is 51.6 Å². The van der Waals surface area contributed by atoms with Crippen LogP contribution in [0.5, 0.6) is 5.75 Å². The third-order valence-corrected chi connectivity index (χ3v) is 6.25. The van der Waals surface area contributed by atoms with Crippen LogP contribution >= 0.6 is 0 Å². The van der Waals surface area contributed by atoms with Gasteiger partial charge in [0.15, 0.2) is 6.10 Å². The number of carbonyl (C=O) groups excluding carboxylic acids is 1. The molecule has 1 N–H and O–H groups in total. The number of amides is 1. The first kappa shape index (κ1) is 19.7. The van der Waals surface area contributed by atoms with E-state index in [0.29, 0.717) is 24.4 Å². The molecule has 0 radical (unpaired) electrons. The molecule has 1 aliphatic heterocycles. The third kappa shape index (κ3) is 5.03. The van der Waals surface area contributed by atoms with E-state index in [2.05, 4.69) is 11.4 Å². The number of ether oxygens (including phenoxy) is 1. The average Bonchev–Trinajstić information content (AvgIpc) is 2.81. The summed E-state index contributed by atoms with van der Waals surface area (Å²) < 4.78 is 31.6. The van der Waals surface area contributed by atoms with E-state index in [0.717, 1.165) is 24.8 Å². The second-order valence-corrected chi connectivity index (χ2v) is 9.26. The third-order valence-electron chi connectivity index (χ3n) is 5.07. The summed E-state index contributed by atoms with van der Waals surface area (Å²) in [6.07, 6.45) is 8.67. The maximum Gasteiger partial charge on any atom is 0.261 e. The van der Waals surface area contributed by atoms with Crippen LogP contribution in [0, 0.1) is 6.92 Å². The van der Waals surface area contributed by atoms with Crippen molar-refractivity contribution in [1.82, 2.24) is 5.32 Å². The predicted octanol–water partition coefficient (Wildman–Crippen LogP) is 2.92. The Morgan fingerprint density at radius 2 is 2.15 bits per heavy atom. The van der Waals surface area contributed by atoms with E-state index < -0.39 is 16.1 Å². The van der Waals surface area contributed by atoms with Crippen LogP contribution in [-0.2, 0) is 14.8 Å². The van der Waals surface area contributed by atoms with E-state index in [9.17, 15) is 13.2 Å². The molecule has 0 spiro atoms. The molecule has 1 aliphatic carbocycles. The predicted molar refractivity (Wildman–Crippen MR) is 107 cm³/mol. The van der Waals surface area contributed by atoms with Gasteiger partial charge in [-0.2, -0.15) is 0 Å². The molecule has 0 saturated carbocycles. The van der Waals surface area contributed by atoms with Crippen LogP contribution in [0.2, 0.25) is 0 Å². The van der Waals surface area contributed by atoms with Crippen molar-refractivity contribution in [2.75, 3.05) is 23.7 Å². The number of hydrogen-bond acceptors (Lipinski definition) is 4. The van der Waals surface area contributed by atoms with Crippen molar-refractivity contribution in [2.24, 2.45) is 0 Å². The number of hydrogen-bond donors (Lipinski definition) is 1. The molecule has 1 amide bonds. The number of nitrogens with one attached hydrogen (secondary N) is 1. The van der Waals surface area contributed by atoms with Gasteiger partial charge in [0, 0.05) is 19.5 Å². The summed E-state index contributed by atoms with van der Waals surface area (Å²) in [5.74, 6) is 0.243. The second-order valence-electron chi connectivity index (χ2n) is 7.35. The van der Waals surface area contributed by atoms with Crippen molar-refractivity contribution in [3.63, 3.8) is 0 Å². The standard InChI is InChI=1S/C20H28N2O4S/c1-15-8-9-18-17(14-15)22(27(2,24)25)13-11-19(26-18)20(23)21-12-10-16-6-4-3-5-7-16/h6,8-9,14,19H,3-5,7,10-13H2,1-2H3,(H,21,23)/t19-/m0/s1. The lowest BCUT2D eigenvalue weighted by Gasteiger charge is -2.21. The molecule has 7 heteroatoms. The quantitative estimate of drug-likeness (QED) is 0.782. The molecular weight excluding hydrogens is 364 g/mol. The van der Waals surface area contributed by atoms with Crippen LogP contribution in [0.3, 0.4) is 0 Å². The van der Waals surface area contributed by atoms with Gasteiger partial charge in [-0.1, -0.05) is 17.7 Å². The molecule has 1 aromatic carbocycles. The van der Waals surface area contributed by atoms with E-state index in [-0.39, 0.29) is 12.5 Å². The van der Waals surface area contributed by atoms with E-state index >= 15 is 0 Å². The molecule has 0 saturated heterocycles. The summed E-state index contributed by atoms with van der Waals surface area (Å²) in [4.78, 5) is 12.6. The lowest BCUT2D eigenvalue weighted by atomic mass is 9.97. The minimum absolute atomic E-state index is 0.187. The van der Waals surface area contributed by atoms with Crippen LogP contribution in [-0.4, -0.2) is 39.8 Å². The van der Waals surface area contributed by atoms with Crippen LogP contribution in [0.25, 0.3) is 0 Å². The van der Waals surface area contributed by atoms with Crippen LogP contribution in [0.4, 0.5) is 5.69 Å². The van der Waals surface area contributed by atoms with Gasteiger partial charge in [-0.25, -0.2) is 8.42 Å². The van der Waals surface area contributed by atoms with Crippen molar-refractivity contribution in [3.05, 3.63) is 35.4 Å². The van der Waals surface area contributed by atoms with Crippen molar-refractivity contribution < 1.29 is 17.9 Å². The van der Waals surface area contributed by atoms with Gasteiger partial charge in [-0.3, -0.25) is 9.10 Å². The SMILES string of the molecule is Cc1ccc2c(c1)N(S(C)(=O)=O)CC[C@@H](C(=O)NCCC1=CCCCC1)O2. The fourth-order valence-electron chi connectivity index (χ4n) is 3.61. The molecule has 0 aromatic heterocycles. The lowest BCUT2D eigenvalue weighted by molar-refractivity contribution is -0.128. The second kappa shape index (κ2) is 8.33. The first-order valence-electron chi connectivity index (χ1n) is 9.55. The Bertz CT molecular complexity index is 832. The zero-order valence-corrected chi connectivity index (χ0v) is 16.8. The highest BCUT2D eigenvalue weighted by atomic mass is 32.2. The zero-order valence-electron chi connectivity index (χ0n) is 16.0. The number of benzene rings is 1. The highest BCUT2D eigenvalue weighted by Crippen LogP contribution is 2.35. The van der Waals surface area contributed by atoms with E-state index in [1.165, 1.54) is 29.0 Å². The van der Waals surface area contributed by atoms with Crippen molar-refractivity contribution in [3.8, 4) is 5.75 Å². The number of anilines is 1. The Balaban J connectivity index is 1.68. The number of rotatable bonds is 5. The maximum atomic E-state index is 12.6. The van der Waals surface area contributed by atoms with E-state index in [4.69, 9.17) is 4.74 Å². The molecule has 6 nitrogen and oxygen atoms in total. The molecule has 27 heavy (non-hydrogen) atoms. The average molecular weight is 393 g/mol. The monoisotopic (exact) mass is 392 g/mol. The normalized spacial score (nSPS) is 20.1. The number of allylic oxidation sites excluding steroid dienone is 1. The van der Waals surface area contributed by atoms with Crippen molar-refractivity contribution in [1.29, 1.82) is 0 Å². The minimum atomic E-state index is -3.45. The Hall–Kier alpha value is -2.02. The molecule has 3 rings (SSSR count). The summed E-state index contributed by atoms with van der Waals surface area (Å²) in [6.45, 7) is 2.70. The molecule has 0 fully saturated rings. The van der Waals surface area contributed by atoms with E-state index in [1.807, 2.05) is 13.0 Å². The number of carbonyl (C=O) groups is 1. The Labute approximate surface area is 161 Å². The minimum Gasteiger partial charge on any atom is -0.478 e. The van der Waals surface area contributed by atoms with Gasteiger partial charge in [0.1, 0.15) is 5.75 Å². The van der Waals surface area contributed by atoms with Gasteiger partial charge in [-0.15, -0.1) is 0 Å². The molecule has 0 unspecified atom stereocenters. The largest absolute Gasteiger partial charge is 0.478 e. The summed E-state index contributed by atoms with van der Waals surface area (Å²) in [5, 5.41) is 2.95. The van der Waals surface area contributed by atoms with Crippen LogP contribution in [0.15, 0.2) is 29.8 Å². The first-order chi connectivity index (χ1) is 12.8. The highest BCUT2D eigenvalue weighted by Gasteiger charge is 2.31. The molecule has 2 aliphatic rings. The first-order valence-corrected chi connectivity index (χ1v) is 11.4. The fourth-order valence-corrected chi connectivity index (χ4v) is 4.55. The van der Waals surface area contributed by atoms with Gasteiger partial charge in [0.05, 0.1) is 11.9 Å². The number of sulfonamides is 1. The summed E-state index contributed by atoms with van der Waals surface area (Å²) in [7, 11) is -3.45. The highest BCUT2D eigenvalue weighted by molar-refractivity contribution is 7.92. The molecule has 1 heterocycles. The number of aryl methyl sites for hydroxylation is 1. The molecule has 148 valence electrons. The lowest BCUT2D eigenvalue weighted by Crippen LogP contribution is -2.40. The van der Waals surface area contributed by atoms with Gasteiger partial charge in [0.25, 0.3) is 5.91 Å². The smallest absolute Gasteiger partial charge is 0.261 e. The van der Waals surface area contributed by atoms with Gasteiger partial charge in [-0.05, 0) is 56.7 Å². The van der Waals surface area contributed by atoms with Crippen LogP contribution in [0.1, 0.15) is 44.1 Å². The topological polar surface area (TPSA) is 75.7 Å². The number of fused-ring (bicyclic) bond motifs is 1. The Kier molecular flexibility index (Phi) is 6.09. The zero-order chi connectivity index (χ0) is 19.4. The summed E-state index contributed by atoms with van der Waals surface area (Å²) >= 11 is 0. The summed E-state index contributed by atoms with van der Waals surface area (Å²) in [5.41, 5.74) is 2.85. The Morgan fingerprint density at radius 3 is 2.85 bits per heavy atom. The van der Waals surface area contributed by atoms with E-state index in [1.54, 1.807) is 12.1 Å². The maximum absolute atomic E-state index is 12.6.